The first-order valence-electron chi connectivity index (χ1n) is 7.76. The maximum absolute atomic E-state index is 12.3. The second kappa shape index (κ2) is 5.85. The van der Waals surface area contributed by atoms with E-state index in [2.05, 4.69) is 5.10 Å². The molecule has 6 heteroatoms. The summed E-state index contributed by atoms with van der Waals surface area (Å²) in [6.07, 6.45) is 5.01. The molecule has 2 aliphatic heterocycles. The zero-order valence-electron chi connectivity index (χ0n) is 13.5. The van der Waals surface area contributed by atoms with Crippen molar-refractivity contribution >= 4 is 12.0 Å². The maximum Gasteiger partial charge on any atom is 0.246 e. The summed E-state index contributed by atoms with van der Waals surface area (Å²) in [6, 6.07) is 0. The Morgan fingerprint density at radius 2 is 1.86 bits per heavy atom. The minimum absolute atomic E-state index is 0.0375. The van der Waals surface area contributed by atoms with Crippen LogP contribution in [0.2, 0.25) is 0 Å². The molecule has 0 N–H and O–H groups in total. The van der Waals surface area contributed by atoms with Crippen molar-refractivity contribution in [3.05, 3.63) is 23.0 Å². The van der Waals surface area contributed by atoms with E-state index in [-0.39, 0.29) is 5.91 Å². The van der Waals surface area contributed by atoms with Crippen molar-refractivity contribution < 1.29 is 14.3 Å². The lowest BCUT2D eigenvalue weighted by Crippen LogP contribution is -2.46. The molecule has 6 nitrogen and oxygen atoms in total. The first-order chi connectivity index (χ1) is 10.5. The van der Waals surface area contributed by atoms with E-state index in [1.165, 1.54) is 0 Å². The van der Waals surface area contributed by atoms with E-state index in [0.29, 0.717) is 26.3 Å². The number of hydrogen-bond donors (Lipinski definition) is 0. The lowest BCUT2D eigenvalue weighted by atomic mass is 10.0. The van der Waals surface area contributed by atoms with Crippen LogP contribution in [0.25, 0.3) is 6.08 Å². The zero-order chi connectivity index (χ0) is 15.7. The van der Waals surface area contributed by atoms with E-state index in [9.17, 15) is 4.79 Å². The minimum atomic E-state index is -0.434. The molecule has 0 aromatic carbocycles. The molecular weight excluding hydrogens is 282 g/mol. The van der Waals surface area contributed by atoms with Crippen LogP contribution in [0.1, 0.15) is 29.8 Å². The second-order valence-corrected chi connectivity index (χ2v) is 5.97. The summed E-state index contributed by atoms with van der Waals surface area (Å²) in [5.41, 5.74) is 3.02. The van der Waals surface area contributed by atoms with Crippen molar-refractivity contribution in [3.63, 3.8) is 0 Å². The van der Waals surface area contributed by atoms with E-state index in [0.717, 1.165) is 29.8 Å². The van der Waals surface area contributed by atoms with Crippen LogP contribution in [-0.4, -0.2) is 52.7 Å². The molecule has 0 aliphatic carbocycles. The highest BCUT2D eigenvalue weighted by molar-refractivity contribution is 5.92. The second-order valence-electron chi connectivity index (χ2n) is 5.97. The number of aromatic nitrogens is 2. The molecule has 0 bridgehead atoms. The van der Waals surface area contributed by atoms with Gasteiger partial charge in [-0.15, -0.1) is 0 Å². The minimum Gasteiger partial charge on any atom is -0.347 e. The molecule has 0 saturated carbocycles. The van der Waals surface area contributed by atoms with Gasteiger partial charge in [0.15, 0.2) is 5.79 Å². The third kappa shape index (κ3) is 2.80. The predicted octanol–water partition coefficient (Wildman–Crippen LogP) is 1.42. The fourth-order valence-electron chi connectivity index (χ4n) is 3.14. The molecule has 120 valence electrons. The molecule has 1 aromatic heterocycles. The standard InChI is InChI=1S/C16H23N3O3/c1-12-14(13(2)18(3)17-12)4-5-15(20)19-8-6-16(7-9-19)21-10-11-22-16/h4-5H,6-11H2,1-3H3/b5-4+. The molecule has 22 heavy (non-hydrogen) atoms. The molecule has 0 unspecified atom stereocenters. The van der Waals surface area contributed by atoms with Gasteiger partial charge in [-0.05, 0) is 19.9 Å². The normalized spacial score (nSPS) is 21.1. The molecule has 2 aliphatic rings. The summed E-state index contributed by atoms with van der Waals surface area (Å²) >= 11 is 0. The van der Waals surface area contributed by atoms with Gasteiger partial charge in [0.2, 0.25) is 5.91 Å². The zero-order valence-corrected chi connectivity index (χ0v) is 13.5. The van der Waals surface area contributed by atoms with Gasteiger partial charge in [-0.1, -0.05) is 0 Å². The van der Waals surface area contributed by atoms with Gasteiger partial charge in [0.05, 0.1) is 18.9 Å². The van der Waals surface area contributed by atoms with Crippen molar-refractivity contribution in [2.45, 2.75) is 32.5 Å². The molecule has 1 aromatic rings. The van der Waals surface area contributed by atoms with Crippen molar-refractivity contribution in [3.8, 4) is 0 Å². The maximum atomic E-state index is 12.3. The molecule has 2 fully saturated rings. The number of piperidine rings is 1. The lowest BCUT2D eigenvalue weighted by molar-refractivity contribution is -0.186. The van der Waals surface area contributed by atoms with Gasteiger partial charge in [0, 0.05) is 50.3 Å². The number of hydrogen-bond acceptors (Lipinski definition) is 4. The third-order valence-corrected chi connectivity index (χ3v) is 4.61. The van der Waals surface area contributed by atoms with Crippen molar-refractivity contribution in [2.24, 2.45) is 7.05 Å². The summed E-state index contributed by atoms with van der Waals surface area (Å²) < 4.78 is 13.2. The number of amides is 1. The van der Waals surface area contributed by atoms with Gasteiger partial charge < -0.3 is 14.4 Å². The number of carbonyl (C=O) groups excluding carboxylic acids is 1. The summed E-state index contributed by atoms with van der Waals surface area (Å²) in [5.74, 6) is -0.396. The molecule has 3 heterocycles. The predicted molar refractivity (Wildman–Crippen MR) is 82.2 cm³/mol. The molecule has 2 saturated heterocycles. The molecule has 0 atom stereocenters. The highest BCUT2D eigenvalue weighted by Gasteiger charge is 2.40. The van der Waals surface area contributed by atoms with E-state index in [1.807, 2.05) is 36.6 Å². The van der Waals surface area contributed by atoms with Crippen molar-refractivity contribution in [1.29, 1.82) is 0 Å². The largest absolute Gasteiger partial charge is 0.347 e. The lowest BCUT2D eigenvalue weighted by Gasteiger charge is -2.37. The Morgan fingerprint density at radius 1 is 1.23 bits per heavy atom. The van der Waals surface area contributed by atoms with Gasteiger partial charge in [-0.3, -0.25) is 9.48 Å². The molecule has 1 amide bonds. The number of rotatable bonds is 2. The van der Waals surface area contributed by atoms with Crippen LogP contribution < -0.4 is 0 Å². The number of carbonyl (C=O) groups is 1. The highest BCUT2D eigenvalue weighted by Crippen LogP contribution is 2.31. The number of aryl methyl sites for hydroxylation is 2. The van der Waals surface area contributed by atoms with Crippen LogP contribution in [0.5, 0.6) is 0 Å². The van der Waals surface area contributed by atoms with Crippen LogP contribution >= 0.6 is 0 Å². The average molecular weight is 305 g/mol. The van der Waals surface area contributed by atoms with E-state index < -0.39 is 5.79 Å². The SMILES string of the molecule is Cc1nn(C)c(C)c1/C=C/C(=O)N1CCC2(CC1)OCCO2. The van der Waals surface area contributed by atoms with E-state index >= 15 is 0 Å². The van der Waals surface area contributed by atoms with Crippen molar-refractivity contribution in [2.75, 3.05) is 26.3 Å². The Bertz CT molecular complexity index is 590. The van der Waals surface area contributed by atoms with Crippen LogP contribution in [0.15, 0.2) is 6.08 Å². The van der Waals surface area contributed by atoms with Crippen molar-refractivity contribution in [1.82, 2.24) is 14.7 Å². The number of nitrogens with zero attached hydrogens (tertiary/aromatic N) is 3. The molecule has 1 spiro atoms. The first kappa shape index (κ1) is 15.2. The Balaban J connectivity index is 1.62. The van der Waals surface area contributed by atoms with Gasteiger partial charge in [0.25, 0.3) is 0 Å². The van der Waals surface area contributed by atoms with Crippen LogP contribution in [0.3, 0.4) is 0 Å². The Morgan fingerprint density at radius 3 is 2.41 bits per heavy atom. The third-order valence-electron chi connectivity index (χ3n) is 4.61. The van der Waals surface area contributed by atoms with Gasteiger partial charge in [-0.25, -0.2) is 0 Å². The van der Waals surface area contributed by atoms with Gasteiger partial charge in [0.1, 0.15) is 0 Å². The van der Waals surface area contributed by atoms with E-state index in [1.54, 1.807) is 6.08 Å². The fourth-order valence-corrected chi connectivity index (χ4v) is 3.14. The van der Waals surface area contributed by atoms with Gasteiger partial charge in [-0.2, -0.15) is 5.10 Å². The van der Waals surface area contributed by atoms with Crippen LogP contribution in [0.4, 0.5) is 0 Å². The van der Waals surface area contributed by atoms with E-state index in [4.69, 9.17) is 9.47 Å². The van der Waals surface area contributed by atoms with Crippen LogP contribution in [0, 0.1) is 13.8 Å². The van der Waals surface area contributed by atoms with Gasteiger partial charge >= 0.3 is 0 Å². The fraction of sp³-hybridized carbons (Fsp3) is 0.625. The number of ether oxygens (including phenoxy) is 2. The summed E-state index contributed by atoms with van der Waals surface area (Å²) in [6.45, 7) is 6.63. The quantitative estimate of drug-likeness (QED) is 0.775. The smallest absolute Gasteiger partial charge is 0.246 e. The highest BCUT2D eigenvalue weighted by atomic mass is 16.7. The summed E-state index contributed by atoms with van der Waals surface area (Å²) in [4.78, 5) is 14.2. The van der Waals surface area contributed by atoms with Crippen LogP contribution in [-0.2, 0) is 21.3 Å². The Hall–Kier alpha value is -1.66. The topological polar surface area (TPSA) is 56.6 Å². The number of likely N-dealkylation sites (tertiary alicyclic amines) is 1. The molecular formula is C16H23N3O3. The average Bonchev–Trinajstić information content (AvgIpc) is 3.04. The summed E-state index contributed by atoms with van der Waals surface area (Å²) in [7, 11) is 1.91. The Labute approximate surface area is 130 Å². The summed E-state index contributed by atoms with van der Waals surface area (Å²) in [5, 5.41) is 4.36. The monoisotopic (exact) mass is 305 g/mol. The molecule has 3 rings (SSSR count). The first-order valence-corrected chi connectivity index (χ1v) is 7.76. The Kier molecular flexibility index (Phi) is 4.06. The molecule has 0 radical (unpaired) electrons.